The highest BCUT2D eigenvalue weighted by Crippen LogP contribution is 2.44. The van der Waals surface area contributed by atoms with E-state index in [1.165, 1.54) is 49.9 Å². The van der Waals surface area contributed by atoms with Crippen LogP contribution in [0.15, 0.2) is 67.0 Å². The van der Waals surface area contributed by atoms with Crippen molar-refractivity contribution in [1.82, 2.24) is 19.7 Å². The zero-order valence-corrected chi connectivity index (χ0v) is 29.8. The number of hydrogen-bond donors (Lipinski definition) is 1. The summed E-state index contributed by atoms with van der Waals surface area (Å²) in [5.41, 5.74) is 4.74. The Kier molecular flexibility index (Phi) is 9.72. The van der Waals surface area contributed by atoms with Crippen LogP contribution in [0.1, 0.15) is 98.7 Å². The monoisotopic (exact) mass is 704 g/mol. The van der Waals surface area contributed by atoms with E-state index in [9.17, 15) is 9.59 Å². The highest BCUT2D eigenvalue weighted by atomic mass is 32.1. The molecule has 5 aromatic rings. The minimum Gasteiger partial charge on any atom is -0.455 e. The molecule has 0 radical (unpaired) electrons. The molecule has 10 heteroatoms. The Morgan fingerprint density at radius 3 is 2.71 bits per heavy atom. The van der Waals surface area contributed by atoms with Gasteiger partial charge in [0.05, 0.1) is 16.4 Å². The van der Waals surface area contributed by atoms with Crippen molar-refractivity contribution < 1.29 is 14.3 Å². The smallest absolute Gasteiger partial charge is 0.358 e. The lowest BCUT2D eigenvalue weighted by molar-refractivity contribution is 0.00638. The molecule has 3 aromatic heterocycles. The second kappa shape index (κ2) is 14.2. The van der Waals surface area contributed by atoms with Crippen LogP contribution in [0.2, 0.25) is 0 Å². The average Bonchev–Trinajstić information content (AvgIpc) is 3.75. The number of benzene rings is 2. The molecule has 2 aliphatic carbocycles. The molecule has 0 spiro atoms. The third-order valence-electron chi connectivity index (χ3n) is 10.6. The summed E-state index contributed by atoms with van der Waals surface area (Å²) in [4.78, 5) is 39.0. The summed E-state index contributed by atoms with van der Waals surface area (Å²) in [7, 11) is 0. The highest BCUT2D eigenvalue weighted by Gasteiger charge is 2.34. The fourth-order valence-electron chi connectivity index (χ4n) is 8.21. The molecule has 9 nitrogen and oxygen atoms in total. The van der Waals surface area contributed by atoms with Crippen molar-refractivity contribution in [3.8, 4) is 11.1 Å². The average molecular weight is 705 g/mol. The van der Waals surface area contributed by atoms with Crippen LogP contribution in [0.3, 0.4) is 0 Å². The van der Waals surface area contributed by atoms with E-state index >= 15 is 0 Å². The van der Waals surface area contributed by atoms with Gasteiger partial charge in [0.15, 0.2) is 10.8 Å². The second-order valence-electron chi connectivity index (χ2n) is 15.2. The van der Waals surface area contributed by atoms with Crippen molar-refractivity contribution in [3.05, 3.63) is 89.4 Å². The first-order chi connectivity index (χ1) is 24.2. The number of nitrogens with zero attached hydrogens (tertiary/aromatic N) is 5. The predicted octanol–water partition coefficient (Wildman–Crippen LogP) is 9.18. The van der Waals surface area contributed by atoms with Gasteiger partial charge < -0.3 is 9.64 Å². The standard InChI is InChI=1S/C40H44N6O3S.CH4/c1-40(2,3)49-38(48)36-30(29-21-41-46(23-29)22-28-15-14-25-8-6-10-27(28)20-25)16-17-35(43-36)45-19-18-26-9-7-11-31(32(26)24-45)37(47)44-39-42-33-12-4-5-13-34(33)50-39;/h4-5,7,9,11-13,16-17,21,23,25,27-28H,6,8,10,14-15,18-20,22,24H2,1-3H3,(H,42,44,47);1H4. The Balaban J connectivity index is 0.00000406. The summed E-state index contributed by atoms with van der Waals surface area (Å²) in [6, 6.07) is 17.7. The van der Waals surface area contributed by atoms with Gasteiger partial charge in [-0.15, -0.1) is 0 Å². The maximum atomic E-state index is 13.7. The molecule has 2 fully saturated rings. The van der Waals surface area contributed by atoms with Gasteiger partial charge in [-0.2, -0.15) is 5.10 Å². The first-order valence-electron chi connectivity index (χ1n) is 18.0. The summed E-state index contributed by atoms with van der Waals surface area (Å²) in [5, 5.41) is 8.36. The molecule has 2 saturated carbocycles. The SMILES string of the molecule is C.CC(C)(C)OC(=O)c1nc(N2CCc3cccc(C(=O)Nc4nc5ccccc5s4)c3C2)ccc1-c1cnn(CC2CCC3CCCC2C3)c1. The van der Waals surface area contributed by atoms with Crippen molar-refractivity contribution in [1.29, 1.82) is 0 Å². The van der Waals surface area contributed by atoms with Crippen molar-refractivity contribution in [3.63, 3.8) is 0 Å². The van der Waals surface area contributed by atoms with Crippen LogP contribution in [0.4, 0.5) is 10.9 Å². The quantitative estimate of drug-likeness (QED) is 0.169. The molecular weight excluding hydrogens is 657 g/mol. The van der Waals surface area contributed by atoms with Gasteiger partial charge in [-0.1, -0.05) is 68.7 Å². The molecule has 0 saturated heterocycles. The van der Waals surface area contributed by atoms with Crippen LogP contribution in [0.5, 0.6) is 0 Å². The number of anilines is 2. The molecule has 3 atom stereocenters. The lowest BCUT2D eigenvalue weighted by Gasteiger charge is -2.40. The maximum Gasteiger partial charge on any atom is 0.358 e. The van der Waals surface area contributed by atoms with Gasteiger partial charge in [0, 0.05) is 42.5 Å². The molecule has 1 aliphatic heterocycles. The normalized spacial score (nSPS) is 20.0. The summed E-state index contributed by atoms with van der Waals surface area (Å²) in [6.45, 7) is 7.71. The van der Waals surface area contributed by atoms with Gasteiger partial charge in [0.1, 0.15) is 11.4 Å². The lowest BCUT2D eigenvalue weighted by Crippen LogP contribution is -2.33. The van der Waals surface area contributed by atoms with Crippen LogP contribution in [-0.2, 0) is 24.2 Å². The van der Waals surface area contributed by atoms with Crippen LogP contribution in [0.25, 0.3) is 21.3 Å². The van der Waals surface area contributed by atoms with Gasteiger partial charge in [-0.05, 0) is 99.2 Å². The van der Waals surface area contributed by atoms with Gasteiger partial charge in [-0.25, -0.2) is 14.8 Å². The molecule has 2 bridgehead atoms. The van der Waals surface area contributed by atoms with Crippen LogP contribution >= 0.6 is 11.3 Å². The second-order valence-corrected chi connectivity index (χ2v) is 16.2. The summed E-state index contributed by atoms with van der Waals surface area (Å²) in [6.07, 6.45) is 12.7. The van der Waals surface area contributed by atoms with E-state index in [0.29, 0.717) is 41.1 Å². The number of ether oxygens (including phenoxy) is 1. The van der Waals surface area contributed by atoms with E-state index in [1.54, 1.807) is 0 Å². The number of para-hydroxylation sites is 1. The van der Waals surface area contributed by atoms with Crippen LogP contribution in [-0.4, -0.2) is 43.8 Å². The zero-order chi connectivity index (χ0) is 34.4. The highest BCUT2D eigenvalue weighted by molar-refractivity contribution is 7.22. The van der Waals surface area contributed by atoms with Crippen LogP contribution in [0, 0.1) is 17.8 Å². The minimum atomic E-state index is -0.676. The Labute approximate surface area is 304 Å². The number of pyridine rings is 1. The number of rotatable bonds is 7. The third kappa shape index (κ3) is 7.42. The topological polar surface area (TPSA) is 102 Å². The largest absolute Gasteiger partial charge is 0.455 e. The predicted molar refractivity (Wildman–Crippen MR) is 204 cm³/mol. The number of amides is 1. The summed E-state index contributed by atoms with van der Waals surface area (Å²) >= 11 is 1.46. The van der Waals surface area contributed by atoms with E-state index in [0.717, 1.165) is 51.7 Å². The fourth-order valence-corrected chi connectivity index (χ4v) is 9.07. The van der Waals surface area contributed by atoms with Gasteiger partial charge in [0.25, 0.3) is 5.91 Å². The molecule has 3 aliphatic rings. The molecule has 51 heavy (non-hydrogen) atoms. The van der Waals surface area contributed by atoms with E-state index in [2.05, 4.69) is 32.1 Å². The first-order valence-corrected chi connectivity index (χ1v) is 18.8. The molecule has 3 unspecified atom stereocenters. The molecule has 2 aromatic carbocycles. The van der Waals surface area contributed by atoms with Crippen molar-refractivity contribution in [2.24, 2.45) is 17.8 Å². The Hall–Kier alpha value is -4.57. The number of carbonyl (C=O) groups is 2. The number of fused-ring (bicyclic) bond motifs is 4. The number of aromatic nitrogens is 4. The van der Waals surface area contributed by atoms with E-state index in [-0.39, 0.29) is 19.0 Å². The zero-order valence-electron chi connectivity index (χ0n) is 29.0. The number of nitrogens with one attached hydrogen (secondary N) is 1. The van der Waals surface area contributed by atoms with Gasteiger partial charge in [-0.3, -0.25) is 14.8 Å². The third-order valence-corrected chi connectivity index (χ3v) is 11.6. The van der Waals surface area contributed by atoms with Gasteiger partial charge in [0.2, 0.25) is 0 Å². The maximum absolute atomic E-state index is 13.7. The van der Waals surface area contributed by atoms with Crippen molar-refractivity contribution in [2.75, 3.05) is 16.8 Å². The first kappa shape index (κ1) is 34.9. The van der Waals surface area contributed by atoms with Crippen molar-refractivity contribution in [2.45, 2.75) is 91.8 Å². The van der Waals surface area contributed by atoms with E-state index in [1.807, 2.05) is 75.5 Å². The number of esters is 1. The Morgan fingerprint density at radius 1 is 1.00 bits per heavy atom. The number of thiazole rings is 1. The number of hydrogen-bond acceptors (Lipinski definition) is 8. The van der Waals surface area contributed by atoms with E-state index in [4.69, 9.17) is 14.8 Å². The Morgan fingerprint density at radius 2 is 1.86 bits per heavy atom. The van der Waals surface area contributed by atoms with Crippen molar-refractivity contribution >= 4 is 44.4 Å². The molecule has 4 heterocycles. The minimum absolute atomic E-state index is 0. The molecule has 8 rings (SSSR count). The summed E-state index contributed by atoms with van der Waals surface area (Å²) < 4.78 is 8.97. The summed E-state index contributed by atoms with van der Waals surface area (Å²) in [5.74, 6) is 2.39. The van der Waals surface area contributed by atoms with Gasteiger partial charge >= 0.3 is 5.97 Å². The molecule has 1 amide bonds. The molecular formula is C41H48N6O3S. The Bertz CT molecular complexity index is 2030. The van der Waals surface area contributed by atoms with Crippen LogP contribution < -0.4 is 10.2 Å². The number of carbonyl (C=O) groups excluding carboxylic acids is 2. The molecule has 1 N–H and O–H groups in total. The molecule has 266 valence electrons. The lowest BCUT2D eigenvalue weighted by atomic mass is 9.67. The fraction of sp³-hybridized carbons (Fsp3) is 0.439. The van der Waals surface area contributed by atoms with E-state index < -0.39 is 11.6 Å².